The molecule has 1 aromatic heterocycles. The van der Waals surface area contributed by atoms with Gasteiger partial charge in [-0.1, -0.05) is 13.3 Å². The fourth-order valence-electron chi connectivity index (χ4n) is 2.51. The average molecular weight is 293 g/mol. The van der Waals surface area contributed by atoms with Gasteiger partial charge in [-0.2, -0.15) is 0 Å². The van der Waals surface area contributed by atoms with Crippen molar-refractivity contribution in [3.63, 3.8) is 0 Å². The summed E-state index contributed by atoms with van der Waals surface area (Å²) in [6.07, 6.45) is 5.91. The van der Waals surface area contributed by atoms with Crippen molar-refractivity contribution < 1.29 is 14.7 Å². The van der Waals surface area contributed by atoms with Crippen LogP contribution >= 0.6 is 11.3 Å². The van der Waals surface area contributed by atoms with Crippen LogP contribution in [0.25, 0.3) is 6.08 Å². The van der Waals surface area contributed by atoms with Crippen molar-refractivity contribution in [1.29, 1.82) is 0 Å². The fraction of sp³-hybridized carbons (Fsp3) is 0.467. The van der Waals surface area contributed by atoms with Crippen molar-refractivity contribution in [3.8, 4) is 0 Å². The molecule has 108 valence electrons. The Morgan fingerprint density at radius 2 is 2.35 bits per heavy atom. The first kappa shape index (κ1) is 14.8. The number of thiophene rings is 1. The van der Waals surface area contributed by atoms with Crippen molar-refractivity contribution in [3.05, 3.63) is 28.0 Å². The first-order valence-electron chi connectivity index (χ1n) is 6.89. The van der Waals surface area contributed by atoms with Crippen LogP contribution in [0.15, 0.2) is 17.5 Å². The second-order valence-electron chi connectivity index (χ2n) is 5.04. The van der Waals surface area contributed by atoms with Gasteiger partial charge in [0.25, 0.3) is 5.91 Å². The molecule has 4 nitrogen and oxygen atoms in total. The number of hydrogen-bond donors (Lipinski definition) is 1. The van der Waals surface area contributed by atoms with Gasteiger partial charge < -0.3 is 10.0 Å². The molecule has 1 N–H and O–H groups in total. The van der Waals surface area contributed by atoms with E-state index in [1.165, 1.54) is 23.8 Å². The van der Waals surface area contributed by atoms with E-state index in [4.69, 9.17) is 5.11 Å². The third kappa shape index (κ3) is 3.48. The Balaban J connectivity index is 2.13. The summed E-state index contributed by atoms with van der Waals surface area (Å²) in [4.78, 5) is 25.7. The zero-order valence-corrected chi connectivity index (χ0v) is 12.4. The molecule has 1 saturated heterocycles. The molecule has 0 spiro atoms. The fourth-order valence-corrected chi connectivity index (χ4v) is 3.36. The number of carboxylic acids is 1. The monoisotopic (exact) mass is 293 g/mol. The molecule has 1 aliphatic heterocycles. The first-order chi connectivity index (χ1) is 9.61. The van der Waals surface area contributed by atoms with Gasteiger partial charge in [0.2, 0.25) is 0 Å². The zero-order chi connectivity index (χ0) is 14.5. The maximum Gasteiger partial charge on any atom is 0.328 e. The number of piperidine rings is 1. The van der Waals surface area contributed by atoms with Crippen molar-refractivity contribution >= 4 is 29.3 Å². The van der Waals surface area contributed by atoms with Crippen LogP contribution in [0.5, 0.6) is 0 Å². The number of amides is 1. The molecule has 20 heavy (non-hydrogen) atoms. The largest absolute Gasteiger partial charge is 0.478 e. The van der Waals surface area contributed by atoms with E-state index >= 15 is 0 Å². The summed E-state index contributed by atoms with van der Waals surface area (Å²) in [6.45, 7) is 3.77. The Bertz CT molecular complexity index is 521. The van der Waals surface area contributed by atoms with Crippen LogP contribution < -0.4 is 0 Å². The van der Waals surface area contributed by atoms with Crippen LogP contribution in [0.4, 0.5) is 0 Å². The molecule has 2 heterocycles. The van der Waals surface area contributed by atoms with Crippen LogP contribution in [0.3, 0.4) is 0 Å². The van der Waals surface area contributed by atoms with Crippen LogP contribution in [-0.2, 0) is 4.79 Å². The normalized spacial score (nSPS) is 19.4. The van der Waals surface area contributed by atoms with Crippen LogP contribution in [0.1, 0.15) is 41.4 Å². The molecule has 1 unspecified atom stereocenters. The predicted octanol–water partition coefficient (Wildman–Crippen LogP) is 3.11. The number of rotatable bonds is 4. The highest BCUT2D eigenvalue weighted by Crippen LogP contribution is 2.25. The number of nitrogens with zero attached hydrogens (tertiary/aromatic N) is 1. The van der Waals surface area contributed by atoms with Gasteiger partial charge in [0.1, 0.15) is 0 Å². The second-order valence-corrected chi connectivity index (χ2v) is 5.96. The van der Waals surface area contributed by atoms with Gasteiger partial charge in [0.15, 0.2) is 0 Å². The smallest absolute Gasteiger partial charge is 0.328 e. The topological polar surface area (TPSA) is 57.6 Å². The number of carboxylic acid groups (broad SMARTS) is 1. The third-order valence-corrected chi connectivity index (χ3v) is 4.60. The lowest BCUT2D eigenvalue weighted by Crippen LogP contribution is -2.39. The summed E-state index contributed by atoms with van der Waals surface area (Å²) in [6, 6.07) is 1.79. The highest BCUT2D eigenvalue weighted by atomic mass is 32.1. The Kier molecular flexibility index (Phi) is 4.95. The molecule has 0 radical (unpaired) electrons. The van der Waals surface area contributed by atoms with Crippen LogP contribution in [-0.4, -0.2) is 35.0 Å². The molecule has 1 fully saturated rings. The molecular weight excluding hydrogens is 274 g/mol. The molecule has 1 atom stereocenters. The lowest BCUT2D eigenvalue weighted by Gasteiger charge is -2.32. The maximum absolute atomic E-state index is 12.5. The molecule has 0 saturated carbocycles. The number of carbonyl (C=O) groups excluding carboxylic acids is 1. The number of aliphatic carboxylic acids is 1. The summed E-state index contributed by atoms with van der Waals surface area (Å²) < 4.78 is 0. The SMILES string of the molecule is CCC1CCCN(C(=O)c2sccc2C=CC(=O)O)C1. The molecule has 1 amide bonds. The Morgan fingerprint density at radius 3 is 3.05 bits per heavy atom. The van der Waals surface area contributed by atoms with Gasteiger partial charge in [-0.15, -0.1) is 11.3 Å². The van der Waals surface area contributed by atoms with Crippen LogP contribution in [0.2, 0.25) is 0 Å². The first-order valence-corrected chi connectivity index (χ1v) is 7.77. The van der Waals surface area contributed by atoms with E-state index in [9.17, 15) is 9.59 Å². The molecule has 0 aromatic carbocycles. The van der Waals surface area contributed by atoms with Gasteiger partial charge in [-0.05, 0) is 41.8 Å². The van der Waals surface area contributed by atoms with E-state index < -0.39 is 5.97 Å². The minimum atomic E-state index is -1.00. The number of carbonyl (C=O) groups is 2. The van der Waals surface area contributed by atoms with Crippen molar-refractivity contribution in [2.45, 2.75) is 26.2 Å². The standard InChI is InChI=1S/C15H19NO3S/c1-2-11-4-3-8-16(10-11)15(19)14-12(7-9-20-14)5-6-13(17)18/h5-7,9,11H,2-4,8,10H2,1H3,(H,17,18). The molecular formula is C15H19NO3S. The Labute approximate surface area is 122 Å². The zero-order valence-electron chi connectivity index (χ0n) is 11.5. The van der Waals surface area contributed by atoms with Gasteiger partial charge in [0.05, 0.1) is 4.88 Å². The van der Waals surface area contributed by atoms with E-state index in [0.717, 1.165) is 32.0 Å². The van der Waals surface area contributed by atoms with E-state index in [2.05, 4.69) is 6.92 Å². The van der Waals surface area contributed by atoms with E-state index in [1.807, 2.05) is 10.3 Å². The predicted molar refractivity (Wildman–Crippen MR) is 79.9 cm³/mol. The summed E-state index contributed by atoms with van der Waals surface area (Å²) in [5, 5.41) is 10.5. The summed E-state index contributed by atoms with van der Waals surface area (Å²) in [7, 11) is 0. The van der Waals surface area contributed by atoms with E-state index in [-0.39, 0.29) is 5.91 Å². The van der Waals surface area contributed by atoms with Crippen molar-refractivity contribution in [2.24, 2.45) is 5.92 Å². The highest BCUT2D eigenvalue weighted by Gasteiger charge is 2.25. The van der Waals surface area contributed by atoms with Gasteiger partial charge >= 0.3 is 5.97 Å². The van der Waals surface area contributed by atoms with Crippen LogP contribution in [0, 0.1) is 5.92 Å². The summed E-state index contributed by atoms with van der Waals surface area (Å²) >= 11 is 1.38. The van der Waals surface area contributed by atoms with Gasteiger partial charge in [-0.3, -0.25) is 4.79 Å². The Morgan fingerprint density at radius 1 is 1.55 bits per heavy atom. The quantitative estimate of drug-likeness (QED) is 0.868. The molecule has 0 bridgehead atoms. The van der Waals surface area contributed by atoms with E-state index in [1.54, 1.807) is 6.07 Å². The molecule has 2 rings (SSSR count). The van der Waals surface area contributed by atoms with Crippen molar-refractivity contribution in [1.82, 2.24) is 4.90 Å². The minimum absolute atomic E-state index is 0.0307. The maximum atomic E-state index is 12.5. The molecule has 0 aliphatic carbocycles. The third-order valence-electron chi connectivity index (χ3n) is 3.68. The van der Waals surface area contributed by atoms with Gasteiger partial charge in [0, 0.05) is 19.2 Å². The minimum Gasteiger partial charge on any atom is -0.478 e. The average Bonchev–Trinajstić information content (AvgIpc) is 2.92. The summed E-state index contributed by atoms with van der Waals surface area (Å²) in [5.74, 6) is -0.382. The highest BCUT2D eigenvalue weighted by molar-refractivity contribution is 7.12. The number of likely N-dealkylation sites (tertiary alicyclic amines) is 1. The van der Waals surface area contributed by atoms with Gasteiger partial charge in [-0.25, -0.2) is 4.79 Å². The summed E-state index contributed by atoms with van der Waals surface area (Å²) in [5.41, 5.74) is 0.695. The molecule has 1 aliphatic rings. The number of hydrogen-bond acceptors (Lipinski definition) is 3. The molecule has 1 aromatic rings. The lowest BCUT2D eigenvalue weighted by atomic mass is 9.95. The molecule has 5 heteroatoms. The van der Waals surface area contributed by atoms with Crippen molar-refractivity contribution in [2.75, 3.05) is 13.1 Å². The Hall–Kier alpha value is -1.62. The van der Waals surface area contributed by atoms with E-state index in [0.29, 0.717) is 16.4 Å². The second kappa shape index (κ2) is 6.70. The lowest BCUT2D eigenvalue weighted by molar-refractivity contribution is -0.131.